The zero-order valence-corrected chi connectivity index (χ0v) is 6.33. The fourth-order valence-electron chi connectivity index (χ4n) is 0.431. The summed E-state index contributed by atoms with van der Waals surface area (Å²) in [6, 6.07) is 0. The molecule has 5 heteroatoms. The molecule has 0 saturated heterocycles. The van der Waals surface area contributed by atoms with Gasteiger partial charge in [0.1, 0.15) is 0 Å². The maximum atomic E-state index is 10.8. The predicted octanol–water partition coefficient (Wildman–Crippen LogP) is -1.78. The van der Waals surface area contributed by atoms with E-state index in [-0.39, 0.29) is 19.1 Å². The first-order chi connectivity index (χ1) is 5.07. The summed E-state index contributed by atoms with van der Waals surface area (Å²) in [6.07, 6.45) is 0. The van der Waals surface area contributed by atoms with Crippen LogP contribution in [0.3, 0.4) is 0 Å². The van der Waals surface area contributed by atoms with Crippen molar-refractivity contribution in [3.8, 4) is 0 Å². The first-order valence-electron chi connectivity index (χ1n) is 3.24. The monoisotopic (exact) mass is 160 g/mol. The van der Waals surface area contributed by atoms with Crippen LogP contribution in [0.15, 0.2) is 0 Å². The van der Waals surface area contributed by atoms with Gasteiger partial charge in [-0.2, -0.15) is 0 Å². The molecule has 64 valence electrons. The average Bonchev–Trinajstić information content (AvgIpc) is 1.98. The quantitative estimate of drug-likeness (QED) is 0.453. The van der Waals surface area contributed by atoms with Crippen LogP contribution in [-0.2, 0) is 9.59 Å². The van der Waals surface area contributed by atoms with Gasteiger partial charge >= 0.3 is 0 Å². The zero-order valence-electron chi connectivity index (χ0n) is 6.33. The SMILES string of the molecule is C[C@@H](CO)C(=O)NCC(N)=O. The number of rotatable bonds is 4. The molecule has 0 saturated carbocycles. The highest BCUT2D eigenvalue weighted by atomic mass is 16.3. The molecule has 0 spiro atoms. The molecule has 4 N–H and O–H groups in total. The first-order valence-corrected chi connectivity index (χ1v) is 3.24. The molecule has 0 fully saturated rings. The summed E-state index contributed by atoms with van der Waals surface area (Å²) >= 11 is 0. The molecule has 0 bridgehead atoms. The van der Waals surface area contributed by atoms with E-state index in [1.54, 1.807) is 6.92 Å². The van der Waals surface area contributed by atoms with Crippen LogP contribution in [0.4, 0.5) is 0 Å². The van der Waals surface area contributed by atoms with Crippen molar-refractivity contribution in [3.05, 3.63) is 0 Å². The number of carbonyl (C=O) groups is 2. The molecule has 0 aliphatic rings. The highest BCUT2D eigenvalue weighted by Crippen LogP contribution is 1.90. The number of aliphatic hydroxyl groups excluding tert-OH is 1. The Bertz CT molecular complexity index is 158. The van der Waals surface area contributed by atoms with Gasteiger partial charge in [-0.1, -0.05) is 6.92 Å². The van der Waals surface area contributed by atoms with Gasteiger partial charge in [0, 0.05) is 0 Å². The molecule has 0 aliphatic heterocycles. The lowest BCUT2D eigenvalue weighted by Gasteiger charge is -2.06. The molecule has 11 heavy (non-hydrogen) atoms. The smallest absolute Gasteiger partial charge is 0.236 e. The van der Waals surface area contributed by atoms with Gasteiger partial charge in [0.05, 0.1) is 19.1 Å². The van der Waals surface area contributed by atoms with Crippen LogP contribution < -0.4 is 11.1 Å². The summed E-state index contributed by atoms with van der Waals surface area (Å²) in [5, 5.41) is 10.8. The summed E-state index contributed by atoms with van der Waals surface area (Å²) < 4.78 is 0. The van der Waals surface area contributed by atoms with Crippen LogP contribution in [-0.4, -0.2) is 30.1 Å². The van der Waals surface area contributed by atoms with Crippen molar-refractivity contribution >= 4 is 11.8 Å². The third-order valence-electron chi connectivity index (χ3n) is 1.16. The molecule has 0 aromatic rings. The lowest BCUT2D eigenvalue weighted by Crippen LogP contribution is -2.37. The lowest BCUT2D eigenvalue weighted by atomic mass is 10.2. The van der Waals surface area contributed by atoms with E-state index in [4.69, 9.17) is 10.8 Å². The van der Waals surface area contributed by atoms with Crippen molar-refractivity contribution in [1.29, 1.82) is 0 Å². The Morgan fingerprint density at radius 3 is 2.55 bits per heavy atom. The van der Waals surface area contributed by atoms with Crippen LogP contribution in [0, 0.1) is 5.92 Å². The minimum Gasteiger partial charge on any atom is -0.396 e. The van der Waals surface area contributed by atoms with Crippen molar-refractivity contribution < 1.29 is 14.7 Å². The van der Waals surface area contributed by atoms with Gasteiger partial charge in [-0.05, 0) is 0 Å². The van der Waals surface area contributed by atoms with E-state index in [0.717, 1.165) is 0 Å². The van der Waals surface area contributed by atoms with Crippen molar-refractivity contribution in [1.82, 2.24) is 5.32 Å². The Hall–Kier alpha value is -1.10. The maximum Gasteiger partial charge on any atom is 0.236 e. The fraction of sp³-hybridized carbons (Fsp3) is 0.667. The van der Waals surface area contributed by atoms with E-state index >= 15 is 0 Å². The van der Waals surface area contributed by atoms with Gasteiger partial charge in [0.15, 0.2) is 0 Å². The number of carbonyl (C=O) groups excluding carboxylic acids is 2. The second kappa shape index (κ2) is 4.68. The van der Waals surface area contributed by atoms with Gasteiger partial charge in [0.25, 0.3) is 0 Å². The van der Waals surface area contributed by atoms with Crippen molar-refractivity contribution in [3.63, 3.8) is 0 Å². The fourth-order valence-corrected chi connectivity index (χ4v) is 0.431. The van der Waals surface area contributed by atoms with E-state index in [9.17, 15) is 9.59 Å². The summed E-state index contributed by atoms with van der Waals surface area (Å²) in [7, 11) is 0. The van der Waals surface area contributed by atoms with Crippen LogP contribution in [0.5, 0.6) is 0 Å². The Labute approximate surface area is 64.6 Å². The van der Waals surface area contributed by atoms with Gasteiger partial charge in [-0.3, -0.25) is 9.59 Å². The van der Waals surface area contributed by atoms with E-state index in [0.29, 0.717) is 0 Å². The highest BCUT2D eigenvalue weighted by molar-refractivity contribution is 5.84. The minimum atomic E-state index is -0.594. The summed E-state index contributed by atoms with van der Waals surface area (Å²) in [5.74, 6) is -1.45. The largest absolute Gasteiger partial charge is 0.396 e. The topological polar surface area (TPSA) is 92.4 Å². The number of nitrogens with two attached hydrogens (primary N) is 1. The van der Waals surface area contributed by atoms with Crippen LogP contribution in [0.25, 0.3) is 0 Å². The Balaban J connectivity index is 3.60. The number of amides is 2. The number of hydrogen-bond donors (Lipinski definition) is 3. The second-order valence-electron chi connectivity index (χ2n) is 2.27. The number of primary amides is 1. The standard InChI is InChI=1S/C6H12N2O3/c1-4(3-9)6(11)8-2-5(7)10/h4,9H,2-3H2,1H3,(H2,7,10)(H,8,11)/t4-/m0/s1. The van der Waals surface area contributed by atoms with Gasteiger partial charge < -0.3 is 16.2 Å². The van der Waals surface area contributed by atoms with E-state index in [1.807, 2.05) is 0 Å². The van der Waals surface area contributed by atoms with Gasteiger partial charge in [-0.15, -0.1) is 0 Å². The molecular formula is C6H12N2O3. The Kier molecular flexibility index (Phi) is 4.21. The molecule has 1 atom stereocenters. The number of aliphatic hydroxyl groups is 1. The molecule has 0 aliphatic carbocycles. The second-order valence-corrected chi connectivity index (χ2v) is 2.27. The summed E-state index contributed by atoms with van der Waals surface area (Å²) in [5.41, 5.74) is 4.77. The van der Waals surface area contributed by atoms with Crippen LogP contribution in [0.2, 0.25) is 0 Å². The molecular weight excluding hydrogens is 148 g/mol. The molecule has 5 nitrogen and oxygen atoms in total. The molecule has 0 heterocycles. The van der Waals surface area contributed by atoms with Crippen molar-refractivity contribution in [2.24, 2.45) is 11.7 Å². The summed E-state index contributed by atoms with van der Waals surface area (Å²) in [4.78, 5) is 21.0. The number of hydrogen-bond acceptors (Lipinski definition) is 3. The van der Waals surface area contributed by atoms with Crippen molar-refractivity contribution in [2.45, 2.75) is 6.92 Å². The average molecular weight is 160 g/mol. The van der Waals surface area contributed by atoms with E-state index in [2.05, 4.69) is 5.32 Å². The first kappa shape index (κ1) is 9.90. The number of nitrogens with one attached hydrogen (secondary N) is 1. The molecule has 0 aromatic carbocycles. The highest BCUT2D eigenvalue weighted by Gasteiger charge is 2.10. The Morgan fingerprint density at radius 1 is 1.64 bits per heavy atom. The van der Waals surface area contributed by atoms with Crippen molar-refractivity contribution in [2.75, 3.05) is 13.2 Å². The molecule has 0 unspecified atom stereocenters. The molecule has 0 radical (unpaired) electrons. The summed E-state index contributed by atoms with van der Waals surface area (Å²) in [6.45, 7) is 1.14. The Morgan fingerprint density at radius 2 is 2.18 bits per heavy atom. The van der Waals surface area contributed by atoms with E-state index < -0.39 is 11.8 Å². The normalized spacial score (nSPS) is 12.2. The molecule has 0 aromatic heterocycles. The third-order valence-corrected chi connectivity index (χ3v) is 1.16. The zero-order chi connectivity index (χ0) is 8.85. The van der Waals surface area contributed by atoms with Crippen LogP contribution >= 0.6 is 0 Å². The maximum absolute atomic E-state index is 10.8. The minimum absolute atomic E-state index is 0.177. The van der Waals surface area contributed by atoms with Gasteiger partial charge in [0.2, 0.25) is 11.8 Å². The van der Waals surface area contributed by atoms with Crippen LogP contribution in [0.1, 0.15) is 6.92 Å². The van der Waals surface area contributed by atoms with Gasteiger partial charge in [-0.25, -0.2) is 0 Å². The predicted molar refractivity (Wildman–Crippen MR) is 38.5 cm³/mol. The molecule has 2 amide bonds. The lowest BCUT2D eigenvalue weighted by molar-refractivity contribution is -0.128. The molecule has 0 rings (SSSR count). The third kappa shape index (κ3) is 4.32. The van der Waals surface area contributed by atoms with E-state index in [1.165, 1.54) is 0 Å².